The third-order valence-electron chi connectivity index (χ3n) is 3.03. The van der Waals surface area contributed by atoms with Crippen LogP contribution in [-0.4, -0.2) is 25.5 Å². The molecule has 0 saturated heterocycles. The largest absolute Gasteiger partial charge is 0.508 e. The number of aromatic hydroxyl groups is 3. The molecule has 0 spiro atoms. The van der Waals surface area contributed by atoms with E-state index in [4.69, 9.17) is 4.52 Å². The summed E-state index contributed by atoms with van der Waals surface area (Å²) in [6.07, 6.45) is 0.309. The third kappa shape index (κ3) is 2.64. The second kappa shape index (κ2) is 5.16. The van der Waals surface area contributed by atoms with Crippen LogP contribution < -0.4 is 0 Å². The minimum atomic E-state index is -0.250. The zero-order valence-electron chi connectivity index (χ0n) is 10.9. The van der Waals surface area contributed by atoms with Crippen molar-refractivity contribution in [1.29, 1.82) is 0 Å². The monoisotopic (exact) mass is 284 g/mol. The molecule has 1 aromatic heterocycles. The second-order valence-corrected chi connectivity index (χ2v) is 4.52. The predicted molar refractivity (Wildman–Crippen MR) is 74.0 cm³/mol. The number of hydrogen-bond donors (Lipinski definition) is 3. The summed E-state index contributed by atoms with van der Waals surface area (Å²) in [5.41, 5.74) is 1.21. The van der Waals surface area contributed by atoms with Gasteiger partial charge in [0.05, 0.1) is 6.42 Å². The fourth-order valence-electron chi connectivity index (χ4n) is 1.93. The average Bonchev–Trinajstić information content (AvgIpc) is 2.93. The Kier molecular flexibility index (Phi) is 3.19. The lowest BCUT2D eigenvalue weighted by Gasteiger charge is -1.99. The highest BCUT2D eigenvalue weighted by Gasteiger charge is 2.12. The van der Waals surface area contributed by atoms with Crippen molar-refractivity contribution in [2.75, 3.05) is 0 Å². The van der Waals surface area contributed by atoms with E-state index in [0.29, 0.717) is 29.3 Å². The first-order valence-corrected chi connectivity index (χ1v) is 6.25. The van der Waals surface area contributed by atoms with Gasteiger partial charge in [0.25, 0.3) is 0 Å². The SMILES string of the molecule is Oc1ccc(-c2noc(Cc3ccccc3O)n2)cc1O. The summed E-state index contributed by atoms with van der Waals surface area (Å²) in [7, 11) is 0. The molecule has 1 heterocycles. The van der Waals surface area contributed by atoms with E-state index in [9.17, 15) is 15.3 Å². The molecule has 3 N–H and O–H groups in total. The molecule has 0 aliphatic rings. The van der Waals surface area contributed by atoms with Crippen LogP contribution in [0.2, 0.25) is 0 Å². The Balaban J connectivity index is 1.86. The fourth-order valence-corrected chi connectivity index (χ4v) is 1.93. The summed E-state index contributed by atoms with van der Waals surface area (Å²) < 4.78 is 5.13. The van der Waals surface area contributed by atoms with Crippen molar-refractivity contribution in [1.82, 2.24) is 10.1 Å². The lowest BCUT2D eigenvalue weighted by atomic mass is 10.1. The van der Waals surface area contributed by atoms with Gasteiger partial charge in [0, 0.05) is 11.1 Å². The number of hydrogen-bond acceptors (Lipinski definition) is 6. The molecule has 6 nitrogen and oxygen atoms in total. The summed E-state index contributed by atoms with van der Waals surface area (Å²) >= 11 is 0. The van der Waals surface area contributed by atoms with Crippen LogP contribution in [0.4, 0.5) is 0 Å². The Labute approximate surface area is 119 Å². The summed E-state index contributed by atoms with van der Waals surface area (Å²) in [5.74, 6) is 0.352. The van der Waals surface area contributed by atoms with E-state index in [1.54, 1.807) is 24.3 Å². The lowest BCUT2D eigenvalue weighted by molar-refractivity contribution is 0.383. The van der Waals surface area contributed by atoms with Crippen molar-refractivity contribution in [2.24, 2.45) is 0 Å². The van der Waals surface area contributed by atoms with E-state index in [-0.39, 0.29) is 17.2 Å². The van der Waals surface area contributed by atoms with Crippen LogP contribution in [0.1, 0.15) is 11.5 Å². The standard InChI is InChI=1S/C15H12N2O4/c18-11-4-2-1-3-9(11)8-14-16-15(17-21-14)10-5-6-12(19)13(20)7-10/h1-7,18-20H,8H2. The van der Waals surface area contributed by atoms with Crippen molar-refractivity contribution in [3.63, 3.8) is 0 Å². The highest BCUT2D eigenvalue weighted by molar-refractivity contribution is 5.60. The van der Waals surface area contributed by atoms with Gasteiger partial charge < -0.3 is 19.8 Å². The molecule has 106 valence electrons. The second-order valence-electron chi connectivity index (χ2n) is 4.52. The molecule has 0 unspecified atom stereocenters. The van der Waals surface area contributed by atoms with Gasteiger partial charge >= 0.3 is 0 Å². The Morgan fingerprint density at radius 1 is 0.905 bits per heavy atom. The van der Waals surface area contributed by atoms with Gasteiger partial charge in [-0.3, -0.25) is 0 Å². The van der Waals surface area contributed by atoms with E-state index >= 15 is 0 Å². The highest BCUT2D eigenvalue weighted by atomic mass is 16.5. The summed E-state index contributed by atoms with van der Waals surface area (Å²) in [4.78, 5) is 4.21. The fraction of sp³-hybridized carbons (Fsp3) is 0.0667. The topological polar surface area (TPSA) is 99.6 Å². The normalized spacial score (nSPS) is 10.7. The van der Waals surface area contributed by atoms with Gasteiger partial charge in [-0.2, -0.15) is 4.98 Å². The highest BCUT2D eigenvalue weighted by Crippen LogP contribution is 2.29. The van der Waals surface area contributed by atoms with Crippen molar-refractivity contribution in [3.05, 3.63) is 53.9 Å². The lowest BCUT2D eigenvalue weighted by Crippen LogP contribution is -1.89. The molecule has 0 amide bonds. The number of nitrogens with zero attached hydrogens (tertiary/aromatic N) is 2. The number of phenolic OH excluding ortho intramolecular Hbond substituents is 3. The Hall–Kier alpha value is -3.02. The van der Waals surface area contributed by atoms with Crippen LogP contribution >= 0.6 is 0 Å². The van der Waals surface area contributed by atoms with Gasteiger partial charge in [0.15, 0.2) is 11.5 Å². The molecule has 0 bridgehead atoms. The van der Waals surface area contributed by atoms with E-state index < -0.39 is 0 Å². The van der Waals surface area contributed by atoms with Crippen LogP contribution in [0.3, 0.4) is 0 Å². The van der Waals surface area contributed by atoms with Crippen LogP contribution in [0.5, 0.6) is 17.2 Å². The molecule has 3 aromatic rings. The van der Waals surface area contributed by atoms with Crippen LogP contribution in [0, 0.1) is 0 Å². The number of rotatable bonds is 3. The zero-order chi connectivity index (χ0) is 14.8. The van der Waals surface area contributed by atoms with Gasteiger partial charge in [-0.25, -0.2) is 0 Å². The van der Waals surface area contributed by atoms with E-state index in [1.165, 1.54) is 12.1 Å². The molecule has 21 heavy (non-hydrogen) atoms. The molecule has 2 aromatic carbocycles. The molecular formula is C15H12N2O4. The van der Waals surface area contributed by atoms with Crippen molar-refractivity contribution >= 4 is 0 Å². The number of benzene rings is 2. The van der Waals surface area contributed by atoms with Gasteiger partial charge in [0.1, 0.15) is 5.75 Å². The van der Waals surface area contributed by atoms with Crippen LogP contribution in [0.25, 0.3) is 11.4 Å². The zero-order valence-corrected chi connectivity index (χ0v) is 10.9. The summed E-state index contributed by atoms with van der Waals surface area (Å²) in [6, 6.07) is 11.2. The molecule has 0 atom stereocenters. The van der Waals surface area contributed by atoms with E-state index in [0.717, 1.165) is 0 Å². The maximum Gasteiger partial charge on any atom is 0.231 e. The van der Waals surface area contributed by atoms with Crippen molar-refractivity contribution in [2.45, 2.75) is 6.42 Å². The minimum absolute atomic E-state index is 0.166. The molecular weight excluding hydrogens is 272 g/mol. The Morgan fingerprint density at radius 2 is 1.71 bits per heavy atom. The minimum Gasteiger partial charge on any atom is -0.508 e. The van der Waals surface area contributed by atoms with E-state index in [1.807, 2.05) is 6.07 Å². The first kappa shape index (κ1) is 13.0. The average molecular weight is 284 g/mol. The number of para-hydroxylation sites is 1. The van der Waals surface area contributed by atoms with Crippen LogP contribution in [-0.2, 0) is 6.42 Å². The van der Waals surface area contributed by atoms with Gasteiger partial charge in [-0.1, -0.05) is 23.4 Å². The first-order chi connectivity index (χ1) is 10.1. The molecule has 0 radical (unpaired) electrons. The molecule has 3 rings (SSSR count). The number of aromatic nitrogens is 2. The number of phenols is 3. The van der Waals surface area contributed by atoms with Crippen LogP contribution in [0.15, 0.2) is 47.0 Å². The van der Waals surface area contributed by atoms with Crippen molar-refractivity contribution in [3.8, 4) is 28.6 Å². The maximum absolute atomic E-state index is 9.71. The first-order valence-electron chi connectivity index (χ1n) is 6.25. The molecule has 0 aliphatic carbocycles. The van der Waals surface area contributed by atoms with Crippen molar-refractivity contribution < 1.29 is 19.8 Å². The Bertz CT molecular complexity index is 783. The smallest absolute Gasteiger partial charge is 0.231 e. The molecule has 6 heteroatoms. The van der Waals surface area contributed by atoms with Gasteiger partial charge in [-0.05, 0) is 24.3 Å². The molecule has 0 saturated carbocycles. The summed E-state index contributed by atoms with van der Waals surface area (Å²) in [6.45, 7) is 0. The maximum atomic E-state index is 9.71. The third-order valence-corrected chi connectivity index (χ3v) is 3.03. The molecule has 0 fully saturated rings. The van der Waals surface area contributed by atoms with E-state index in [2.05, 4.69) is 10.1 Å². The quantitative estimate of drug-likeness (QED) is 0.639. The van der Waals surface area contributed by atoms with Gasteiger partial charge in [-0.15, -0.1) is 0 Å². The predicted octanol–water partition coefficient (Wildman–Crippen LogP) is 2.44. The summed E-state index contributed by atoms with van der Waals surface area (Å²) in [5, 5.41) is 32.3. The molecule has 0 aliphatic heterocycles. The Morgan fingerprint density at radius 3 is 2.48 bits per heavy atom. The van der Waals surface area contributed by atoms with Gasteiger partial charge in [0.2, 0.25) is 11.7 Å².